The molecule has 0 unspecified atom stereocenters. The van der Waals surface area contributed by atoms with E-state index in [1.165, 1.54) is 18.4 Å². The molecule has 0 atom stereocenters. The second kappa shape index (κ2) is 7.14. The molecule has 3 rings (SSSR count). The average Bonchev–Trinajstić information content (AvgIpc) is 3.39. The maximum atomic E-state index is 5.60. The normalized spacial score (nSPS) is 21.4. The Morgan fingerprint density at radius 2 is 1.95 bits per heavy atom. The van der Waals surface area contributed by atoms with E-state index >= 15 is 0 Å². The molecule has 1 aliphatic heterocycles. The number of hydrogen-bond acceptors (Lipinski definition) is 2. The summed E-state index contributed by atoms with van der Waals surface area (Å²) in [6.07, 6.45) is 4.62. The summed E-state index contributed by atoms with van der Waals surface area (Å²) in [5.74, 6) is 0.965. The van der Waals surface area contributed by atoms with Crippen LogP contribution in [0.3, 0.4) is 0 Å². The van der Waals surface area contributed by atoms with Gasteiger partial charge >= 0.3 is 0 Å². The van der Waals surface area contributed by atoms with Gasteiger partial charge in [-0.25, -0.2) is 0 Å². The minimum atomic E-state index is 0.116. The summed E-state index contributed by atoms with van der Waals surface area (Å²) in [6, 6.07) is 11.4. The molecule has 4 nitrogen and oxygen atoms in total. The van der Waals surface area contributed by atoms with Gasteiger partial charge in [-0.15, -0.1) is 0 Å². The second-order valence-corrected chi connectivity index (χ2v) is 6.37. The van der Waals surface area contributed by atoms with Crippen molar-refractivity contribution in [1.82, 2.24) is 10.6 Å². The largest absolute Gasteiger partial charge is 0.381 e. The SMILES string of the molecule is CCNC(=NCC1(c2ccccc2)CCOCC1)NC1CC1. The molecule has 1 saturated carbocycles. The van der Waals surface area contributed by atoms with Gasteiger partial charge in [-0.1, -0.05) is 30.3 Å². The number of benzene rings is 1. The zero-order valence-corrected chi connectivity index (χ0v) is 13.5. The van der Waals surface area contributed by atoms with Crippen molar-refractivity contribution in [3.05, 3.63) is 35.9 Å². The van der Waals surface area contributed by atoms with Crippen LogP contribution in [-0.2, 0) is 10.2 Å². The van der Waals surface area contributed by atoms with E-state index in [0.717, 1.165) is 45.1 Å². The van der Waals surface area contributed by atoms with Crippen LogP contribution in [0.2, 0.25) is 0 Å². The quantitative estimate of drug-likeness (QED) is 0.649. The van der Waals surface area contributed by atoms with Crippen molar-refractivity contribution in [3.63, 3.8) is 0 Å². The van der Waals surface area contributed by atoms with E-state index in [0.29, 0.717) is 6.04 Å². The van der Waals surface area contributed by atoms with Gasteiger partial charge in [0.25, 0.3) is 0 Å². The van der Waals surface area contributed by atoms with Gasteiger partial charge in [0.2, 0.25) is 0 Å². The maximum absolute atomic E-state index is 5.60. The second-order valence-electron chi connectivity index (χ2n) is 6.37. The van der Waals surface area contributed by atoms with Crippen molar-refractivity contribution in [1.29, 1.82) is 0 Å². The molecule has 0 spiro atoms. The highest BCUT2D eigenvalue weighted by atomic mass is 16.5. The van der Waals surface area contributed by atoms with Crippen LogP contribution in [0, 0.1) is 0 Å². The Morgan fingerprint density at radius 1 is 1.23 bits per heavy atom. The van der Waals surface area contributed by atoms with Crippen LogP contribution in [0.5, 0.6) is 0 Å². The Labute approximate surface area is 133 Å². The summed E-state index contributed by atoms with van der Waals surface area (Å²) in [5.41, 5.74) is 1.51. The third kappa shape index (κ3) is 3.80. The highest BCUT2D eigenvalue weighted by molar-refractivity contribution is 5.80. The zero-order valence-electron chi connectivity index (χ0n) is 13.5. The average molecular weight is 301 g/mol. The Balaban J connectivity index is 1.76. The van der Waals surface area contributed by atoms with Crippen molar-refractivity contribution in [3.8, 4) is 0 Å². The summed E-state index contributed by atoms with van der Waals surface area (Å²) in [6.45, 7) is 5.50. The predicted octanol–water partition coefficient (Wildman–Crippen LogP) is 2.45. The first kappa shape index (κ1) is 15.3. The Morgan fingerprint density at radius 3 is 2.59 bits per heavy atom. The van der Waals surface area contributed by atoms with Crippen LogP contribution in [0.15, 0.2) is 35.3 Å². The van der Waals surface area contributed by atoms with Crippen LogP contribution in [0.4, 0.5) is 0 Å². The monoisotopic (exact) mass is 301 g/mol. The smallest absolute Gasteiger partial charge is 0.191 e. The molecule has 2 N–H and O–H groups in total. The number of hydrogen-bond donors (Lipinski definition) is 2. The summed E-state index contributed by atoms with van der Waals surface area (Å²) in [5, 5.41) is 6.88. The Kier molecular flexibility index (Phi) is 4.98. The molecule has 0 amide bonds. The molecular formula is C18H27N3O. The van der Waals surface area contributed by atoms with Crippen molar-refractivity contribution in [2.45, 2.75) is 44.1 Å². The highest BCUT2D eigenvalue weighted by Crippen LogP contribution is 2.35. The lowest BCUT2D eigenvalue weighted by atomic mass is 9.74. The van der Waals surface area contributed by atoms with Gasteiger partial charge in [-0.3, -0.25) is 4.99 Å². The number of aliphatic imine (C=N–C) groups is 1. The fourth-order valence-corrected chi connectivity index (χ4v) is 3.06. The maximum Gasteiger partial charge on any atom is 0.191 e. The van der Waals surface area contributed by atoms with E-state index in [-0.39, 0.29) is 5.41 Å². The first-order chi connectivity index (χ1) is 10.8. The van der Waals surface area contributed by atoms with Crippen molar-refractivity contribution >= 4 is 5.96 Å². The van der Waals surface area contributed by atoms with Gasteiger partial charge in [0.1, 0.15) is 0 Å². The van der Waals surface area contributed by atoms with Gasteiger partial charge in [0.15, 0.2) is 5.96 Å². The molecule has 2 fully saturated rings. The topological polar surface area (TPSA) is 45.7 Å². The minimum absolute atomic E-state index is 0.116. The first-order valence-corrected chi connectivity index (χ1v) is 8.50. The molecule has 1 saturated heterocycles. The molecule has 120 valence electrons. The molecule has 1 heterocycles. The molecule has 0 radical (unpaired) electrons. The molecule has 0 bridgehead atoms. The lowest BCUT2D eigenvalue weighted by molar-refractivity contribution is 0.0531. The van der Waals surface area contributed by atoms with Gasteiger partial charge in [0.05, 0.1) is 6.54 Å². The number of guanidine groups is 1. The molecule has 1 aromatic rings. The van der Waals surface area contributed by atoms with Crippen molar-refractivity contribution in [2.24, 2.45) is 4.99 Å². The van der Waals surface area contributed by atoms with Gasteiger partial charge in [-0.05, 0) is 38.2 Å². The van der Waals surface area contributed by atoms with Crippen LogP contribution in [-0.4, -0.2) is 38.3 Å². The third-order valence-electron chi connectivity index (χ3n) is 4.64. The summed E-state index contributed by atoms with van der Waals surface area (Å²) in [7, 11) is 0. The molecule has 4 heteroatoms. The van der Waals surface area contributed by atoms with E-state index in [9.17, 15) is 0 Å². The summed E-state index contributed by atoms with van der Waals surface area (Å²) < 4.78 is 5.60. The van der Waals surface area contributed by atoms with Crippen LogP contribution in [0.25, 0.3) is 0 Å². The minimum Gasteiger partial charge on any atom is -0.381 e. The third-order valence-corrected chi connectivity index (χ3v) is 4.64. The molecule has 22 heavy (non-hydrogen) atoms. The van der Waals surface area contributed by atoms with Crippen molar-refractivity contribution in [2.75, 3.05) is 26.3 Å². The van der Waals surface area contributed by atoms with Crippen LogP contribution < -0.4 is 10.6 Å². The molecule has 2 aliphatic rings. The molecular weight excluding hydrogens is 274 g/mol. The van der Waals surface area contributed by atoms with Gasteiger partial charge in [-0.2, -0.15) is 0 Å². The van der Waals surface area contributed by atoms with E-state index in [2.05, 4.69) is 47.9 Å². The summed E-state index contributed by atoms with van der Waals surface area (Å²) in [4.78, 5) is 4.90. The van der Waals surface area contributed by atoms with Crippen LogP contribution >= 0.6 is 0 Å². The molecule has 0 aromatic heterocycles. The lowest BCUT2D eigenvalue weighted by Crippen LogP contribution is -2.42. The van der Waals surface area contributed by atoms with Gasteiger partial charge in [0, 0.05) is 31.2 Å². The lowest BCUT2D eigenvalue weighted by Gasteiger charge is -2.36. The van der Waals surface area contributed by atoms with Crippen LogP contribution in [0.1, 0.15) is 38.2 Å². The number of nitrogens with zero attached hydrogens (tertiary/aromatic N) is 1. The van der Waals surface area contributed by atoms with Crippen molar-refractivity contribution < 1.29 is 4.74 Å². The standard InChI is InChI=1S/C18H27N3O/c1-2-19-17(21-16-8-9-16)20-14-18(10-12-22-13-11-18)15-6-4-3-5-7-15/h3-7,16H,2,8-14H2,1H3,(H2,19,20,21). The number of ether oxygens (including phenoxy) is 1. The van der Waals surface area contributed by atoms with E-state index < -0.39 is 0 Å². The summed E-state index contributed by atoms with van der Waals surface area (Å²) >= 11 is 0. The predicted molar refractivity (Wildman–Crippen MR) is 90.3 cm³/mol. The zero-order chi connectivity index (χ0) is 15.3. The highest BCUT2D eigenvalue weighted by Gasteiger charge is 2.34. The van der Waals surface area contributed by atoms with E-state index in [1.807, 2.05) is 0 Å². The molecule has 1 aromatic carbocycles. The number of nitrogens with one attached hydrogen (secondary N) is 2. The fraction of sp³-hybridized carbons (Fsp3) is 0.611. The van der Waals surface area contributed by atoms with E-state index in [4.69, 9.17) is 9.73 Å². The number of rotatable bonds is 5. The van der Waals surface area contributed by atoms with E-state index in [1.54, 1.807) is 0 Å². The Hall–Kier alpha value is -1.55. The Bertz CT molecular complexity index is 490. The van der Waals surface area contributed by atoms with Gasteiger partial charge < -0.3 is 15.4 Å². The fourth-order valence-electron chi connectivity index (χ4n) is 3.06. The molecule has 1 aliphatic carbocycles. The first-order valence-electron chi connectivity index (χ1n) is 8.50.